The van der Waals surface area contributed by atoms with Gasteiger partial charge in [0.1, 0.15) is 11.6 Å². The van der Waals surface area contributed by atoms with E-state index in [1.54, 1.807) is 31.3 Å². The molecule has 2 aromatic rings. The van der Waals surface area contributed by atoms with Crippen molar-refractivity contribution in [2.45, 2.75) is 12.8 Å². The monoisotopic (exact) mass is 429 g/mol. The first-order valence-electron chi connectivity index (χ1n) is 10.5. The number of piperazine rings is 1. The summed E-state index contributed by atoms with van der Waals surface area (Å²) in [5, 5.41) is 6.27. The number of benzene rings is 2. The van der Waals surface area contributed by atoms with Crippen molar-refractivity contribution in [3.05, 3.63) is 65.7 Å². The summed E-state index contributed by atoms with van der Waals surface area (Å²) in [5.41, 5.74) is 1.63. The molecule has 31 heavy (non-hydrogen) atoms. The summed E-state index contributed by atoms with van der Waals surface area (Å²) < 4.78 is 26.7. The summed E-state index contributed by atoms with van der Waals surface area (Å²) in [6.07, 6.45) is 0.912. The van der Waals surface area contributed by atoms with E-state index in [1.165, 1.54) is 18.2 Å². The van der Waals surface area contributed by atoms with E-state index < -0.39 is 0 Å². The van der Waals surface area contributed by atoms with Crippen LogP contribution in [0, 0.1) is 11.6 Å². The fourth-order valence-electron chi connectivity index (χ4n) is 3.55. The van der Waals surface area contributed by atoms with Crippen molar-refractivity contribution in [3.8, 4) is 0 Å². The van der Waals surface area contributed by atoms with Gasteiger partial charge in [0.2, 0.25) is 5.91 Å². The average Bonchev–Trinajstić information content (AvgIpc) is 2.80. The number of nitrogens with zero attached hydrogens (tertiary/aromatic N) is 3. The predicted octanol–water partition coefficient (Wildman–Crippen LogP) is 2.41. The zero-order valence-corrected chi connectivity index (χ0v) is 17.8. The zero-order chi connectivity index (χ0) is 22.1. The molecule has 1 heterocycles. The normalized spacial score (nSPS) is 14.5. The highest BCUT2D eigenvalue weighted by Crippen LogP contribution is 2.17. The lowest BCUT2D eigenvalue weighted by Crippen LogP contribution is -2.49. The van der Waals surface area contributed by atoms with Crippen molar-refractivity contribution in [3.63, 3.8) is 0 Å². The fraction of sp³-hybridized carbons (Fsp3) is 0.391. The lowest BCUT2D eigenvalue weighted by Gasteiger charge is -2.36. The van der Waals surface area contributed by atoms with Crippen LogP contribution in [0.5, 0.6) is 0 Å². The second-order valence-electron chi connectivity index (χ2n) is 7.36. The number of halogens is 2. The van der Waals surface area contributed by atoms with E-state index in [0.29, 0.717) is 50.5 Å². The van der Waals surface area contributed by atoms with Crippen LogP contribution < -0.4 is 15.5 Å². The van der Waals surface area contributed by atoms with Crippen LogP contribution in [0.25, 0.3) is 0 Å². The molecule has 1 aliphatic heterocycles. The predicted molar refractivity (Wildman–Crippen MR) is 119 cm³/mol. The molecule has 0 bridgehead atoms. The first-order valence-corrected chi connectivity index (χ1v) is 10.5. The third-order valence-electron chi connectivity index (χ3n) is 5.32. The van der Waals surface area contributed by atoms with E-state index >= 15 is 0 Å². The van der Waals surface area contributed by atoms with E-state index in [1.807, 2.05) is 11.0 Å². The maximum Gasteiger partial charge on any atom is 0.224 e. The Morgan fingerprint density at radius 3 is 2.32 bits per heavy atom. The van der Waals surface area contributed by atoms with E-state index in [2.05, 4.69) is 20.5 Å². The molecule has 0 radical (unpaired) electrons. The average molecular weight is 430 g/mol. The van der Waals surface area contributed by atoms with Crippen LogP contribution in [0.15, 0.2) is 53.5 Å². The Morgan fingerprint density at radius 1 is 0.968 bits per heavy atom. The smallest absolute Gasteiger partial charge is 0.224 e. The van der Waals surface area contributed by atoms with Gasteiger partial charge >= 0.3 is 0 Å². The molecular weight excluding hydrogens is 400 g/mol. The first kappa shape index (κ1) is 22.5. The van der Waals surface area contributed by atoms with Gasteiger partial charge in [-0.3, -0.25) is 9.79 Å². The molecule has 0 saturated carbocycles. The highest BCUT2D eigenvalue weighted by atomic mass is 19.1. The first-order chi connectivity index (χ1) is 15.1. The van der Waals surface area contributed by atoms with Gasteiger partial charge < -0.3 is 20.4 Å². The van der Waals surface area contributed by atoms with Gasteiger partial charge in [0.25, 0.3) is 0 Å². The largest absolute Gasteiger partial charge is 0.368 e. The van der Waals surface area contributed by atoms with E-state index in [9.17, 15) is 13.6 Å². The maximum absolute atomic E-state index is 13.7. The fourth-order valence-corrected chi connectivity index (χ4v) is 3.55. The topological polar surface area (TPSA) is 60.0 Å². The van der Waals surface area contributed by atoms with Gasteiger partial charge in [-0.05, 0) is 42.3 Å². The molecule has 1 fully saturated rings. The van der Waals surface area contributed by atoms with Gasteiger partial charge in [-0.25, -0.2) is 8.78 Å². The number of carbonyl (C=O) groups excluding carboxylic acids is 1. The molecule has 1 aliphatic rings. The minimum absolute atomic E-state index is 0.0908. The molecule has 0 aliphatic carbocycles. The van der Waals surface area contributed by atoms with Crippen LogP contribution in [0.2, 0.25) is 0 Å². The lowest BCUT2D eigenvalue weighted by atomic mass is 10.1. The van der Waals surface area contributed by atoms with Crippen LogP contribution in [0.3, 0.4) is 0 Å². The van der Waals surface area contributed by atoms with Gasteiger partial charge in [-0.1, -0.05) is 18.2 Å². The molecule has 1 amide bonds. The second-order valence-corrected chi connectivity index (χ2v) is 7.36. The molecule has 166 valence electrons. The Balaban J connectivity index is 1.34. The SMILES string of the molecule is CN=C(NCCC(=O)N1CCN(c2ccc(F)cc2)CC1)NCCc1ccccc1F. The number of anilines is 1. The van der Waals surface area contributed by atoms with Crippen molar-refractivity contribution in [2.75, 3.05) is 51.2 Å². The molecule has 2 N–H and O–H groups in total. The molecule has 2 aromatic carbocycles. The molecule has 3 rings (SSSR count). The molecule has 0 unspecified atom stereocenters. The number of hydrogen-bond acceptors (Lipinski definition) is 3. The number of nitrogens with one attached hydrogen (secondary N) is 2. The Hall–Kier alpha value is -3.16. The molecule has 0 spiro atoms. The van der Waals surface area contributed by atoms with Crippen molar-refractivity contribution in [2.24, 2.45) is 4.99 Å². The summed E-state index contributed by atoms with van der Waals surface area (Å²) >= 11 is 0. The minimum Gasteiger partial charge on any atom is -0.368 e. The van der Waals surface area contributed by atoms with Crippen molar-refractivity contribution < 1.29 is 13.6 Å². The van der Waals surface area contributed by atoms with E-state index in [-0.39, 0.29) is 17.5 Å². The minimum atomic E-state index is -0.248. The van der Waals surface area contributed by atoms with Crippen molar-refractivity contribution >= 4 is 17.6 Å². The zero-order valence-electron chi connectivity index (χ0n) is 17.8. The number of aliphatic imine (C=N–C) groups is 1. The number of rotatable bonds is 7. The van der Waals surface area contributed by atoms with Gasteiger partial charge in [0.15, 0.2) is 5.96 Å². The molecular formula is C23H29F2N5O. The van der Waals surface area contributed by atoms with Crippen molar-refractivity contribution in [1.29, 1.82) is 0 Å². The van der Waals surface area contributed by atoms with Gasteiger partial charge in [0.05, 0.1) is 0 Å². The summed E-state index contributed by atoms with van der Waals surface area (Å²) in [6, 6.07) is 13.1. The van der Waals surface area contributed by atoms with Gasteiger partial charge in [-0.2, -0.15) is 0 Å². The van der Waals surface area contributed by atoms with Crippen LogP contribution in [0.4, 0.5) is 14.5 Å². The number of amides is 1. The number of carbonyl (C=O) groups is 1. The third kappa shape index (κ3) is 6.67. The Labute approximate surface area is 182 Å². The van der Waals surface area contributed by atoms with E-state index in [0.717, 1.165) is 18.8 Å². The molecule has 8 heteroatoms. The maximum atomic E-state index is 13.7. The highest BCUT2D eigenvalue weighted by Gasteiger charge is 2.21. The number of hydrogen-bond donors (Lipinski definition) is 2. The van der Waals surface area contributed by atoms with E-state index in [4.69, 9.17) is 0 Å². The molecule has 0 atom stereocenters. The van der Waals surface area contributed by atoms with Crippen molar-refractivity contribution in [1.82, 2.24) is 15.5 Å². The Morgan fingerprint density at radius 2 is 1.65 bits per heavy atom. The van der Waals surface area contributed by atoms with Crippen LogP contribution in [-0.4, -0.2) is 63.1 Å². The molecule has 0 aromatic heterocycles. The van der Waals surface area contributed by atoms with Crippen LogP contribution >= 0.6 is 0 Å². The van der Waals surface area contributed by atoms with Gasteiger partial charge in [0, 0.05) is 58.4 Å². The standard InChI is InChI=1S/C23H29F2N5O/c1-26-23(27-12-10-18-4-2-3-5-21(18)25)28-13-11-22(31)30-16-14-29(15-17-30)20-8-6-19(24)7-9-20/h2-9H,10-17H2,1H3,(H2,26,27,28). The molecule has 1 saturated heterocycles. The Bertz CT molecular complexity index is 880. The summed E-state index contributed by atoms with van der Waals surface area (Å²) in [6.45, 7) is 3.75. The lowest BCUT2D eigenvalue weighted by molar-refractivity contribution is -0.131. The summed E-state index contributed by atoms with van der Waals surface area (Å²) in [4.78, 5) is 20.7. The highest BCUT2D eigenvalue weighted by molar-refractivity contribution is 5.81. The van der Waals surface area contributed by atoms with Crippen LogP contribution in [0.1, 0.15) is 12.0 Å². The Kier molecular flexibility index (Phi) is 8.20. The third-order valence-corrected chi connectivity index (χ3v) is 5.32. The summed E-state index contributed by atoms with van der Waals surface area (Å²) in [7, 11) is 1.66. The second kappa shape index (κ2) is 11.3. The quantitative estimate of drug-likeness (QED) is 0.524. The number of guanidine groups is 1. The van der Waals surface area contributed by atoms with Gasteiger partial charge in [-0.15, -0.1) is 0 Å². The van der Waals surface area contributed by atoms with Crippen LogP contribution in [-0.2, 0) is 11.2 Å². The summed E-state index contributed by atoms with van der Waals surface area (Å²) in [5.74, 6) is 0.220. The molecule has 6 nitrogen and oxygen atoms in total.